The zero-order valence-electron chi connectivity index (χ0n) is 14.4. The van der Waals surface area contributed by atoms with Gasteiger partial charge in [-0.3, -0.25) is 0 Å². The molecular weight excluding hydrogens is 248 g/mol. The number of nitrogens with one attached hydrogen (secondary N) is 2. The molecule has 2 N–H and O–H groups in total. The topological polar surface area (TPSA) is 61.8 Å². The Morgan fingerprint density at radius 1 is 0.600 bits per heavy atom. The summed E-state index contributed by atoms with van der Waals surface area (Å²) in [5.41, 5.74) is 11.0. The van der Waals surface area contributed by atoms with Crippen LogP contribution in [0.3, 0.4) is 0 Å². The van der Waals surface area contributed by atoms with E-state index in [2.05, 4.69) is 27.7 Å². The summed E-state index contributed by atoms with van der Waals surface area (Å²) in [4.78, 5) is 2.00. The number of unbranched alkanes of at least 4 members (excludes halogenated alkanes) is 4. The maximum atomic E-state index is 5.50. The van der Waals surface area contributed by atoms with Crippen LogP contribution in [0.5, 0.6) is 0 Å². The van der Waals surface area contributed by atoms with Crippen molar-refractivity contribution in [3.05, 3.63) is 0 Å². The maximum Gasteiger partial charge on any atom is 0.211 e. The summed E-state index contributed by atoms with van der Waals surface area (Å²) in [5.74, 6) is 0. The number of nitrogens with zero attached hydrogens (tertiary/aromatic N) is 2. The minimum Gasteiger partial charge on any atom is -0.324 e. The van der Waals surface area contributed by atoms with Gasteiger partial charge in [-0.15, -0.1) is 0 Å². The van der Waals surface area contributed by atoms with E-state index < -0.39 is 0 Å². The lowest BCUT2D eigenvalue weighted by atomic mass is 10.1. The monoisotopic (exact) mass is 286 g/mol. The van der Waals surface area contributed by atoms with Gasteiger partial charge in [0.1, 0.15) is 11.1 Å². The highest BCUT2D eigenvalue weighted by Crippen LogP contribution is 2.16. The van der Waals surface area contributed by atoms with Crippen LogP contribution in [0.2, 0.25) is 0 Å². The predicted molar refractivity (Wildman–Crippen MR) is 86.9 cm³/mol. The Hall–Kier alpha value is -0.730. The van der Waals surface area contributed by atoms with Crippen LogP contribution < -0.4 is 4.91 Å². The van der Waals surface area contributed by atoms with Crippen molar-refractivity contribution in [1.82, 2.24) is 4.91 Å². The van der Waals surface area contributed by atoms with Crippen LogP contribution in [0, 0.1) is 11.1 Å². The molecule has 0 heterocycles. The first kappa shape index (κ1) is 21.6. The number of hydrogen-bond acceptors (Lipinski definition) is 2. The molecule has 20 heavy (non-hydrogen) atoms. The summed E-state index contributed by atoms with van der Waals surface area (Å²) in [7, 11) is 0. The molecule has 0 bridgehead atoms. The van der Waals surface area contributed by atoms with Gasteiger partial charge < -0.3 is 4.48 Å². The first-order chi connectivity index (χ1) is 9.66. The highest BCUT2D eigenvalue weighted by atomic mass is 15.3. The molecule has 0 aliphatic rings. The van der Waals surface area contributed by atoms with Gasteiger partial charge in [-0.25, -0.2) is 0 Å². The summed E-state index contributed by atoms with van der Waals surface area (Å²) in [5, 5.41) is 0. The van der Waals surface area contributed by atoms with Crippen molar-refractivity contribution in [2.75, 3.05) is 26.2 Å². The molecule has 0 saturated heterocycles. The Balaban J connectivity index is 0. The highest BCUT2D eigenvalue weighted by Gasteiger charge is 2.24. The fraction of sp³-hybridized carbons (Fsp3) is 1.00. The second kappa shape index (κ2) is 16.3. The smallest absolute Gasteiger partial charge is 0.211 e. The fourth-order valence-corrected chi connectivity index (χ4v) is 2.64. The lowest BCUT2D eigenvalue weighted by Gasteiger charge is -2.39. The van der Waals surface area contributed by atoms with Crippen LogP contribution in [-0.4, -0.2) is 30.7 Å². The zero-order chi connectivity index (χ0) is 15.7. The minimum atomic E-state index is 1.35. The number of hydrogen-bond donors (Lipinski definition) is 2. The van der Waals surface area contributed by atoms with Crippen molar-refractivity contribution >= 4 is 0 Å². The van der Waals surface area contributed by atoms with Crippen LogP contribution in [-0.2, 0) is 0 Å². The van der Waals surface area contributed by atoms with Crippen molar-refractivity contribution in [3.8, 4) is 0 Å². The molecule has 0 fully saturated rings. The number of quaternary nitrogens is 1. The molecule has 0 radical (unpaired) electrons. The largest absolute Gasteiger partial charge is 0.324 e. The predicted octanol–water partition coefficient (Wildman–Crippen LogP) is 5.12. The van der Waals surface area contributed by atoms with E-state index in [0.29, 0.717) is 0 Å². The molecule has 0 amide bonds. The average Bonchev–Trinajstić information content (AvgIpc) is 2.46. The van der Waals surface area contributed by atoms with Crippen LogP contribution in [0.4, 0.5) is 0 Å². The summed E-state index contributed by atoms with van der Waals surface area (Å²) < 4.78 is 1.42. The fourth-order valence-electron chi connectivity index (χ4n) is 2.64. The van der Waals surface area contributed by atoms with Crippen molar-refractivity contribution in [3.63, 3.8) is 0 Å². The third-order valence-corrected chi connectivity index (χ3v) is 3.94. The first-order valence-electron chi connectivity index (χ1n) is 8.54. The molecule has 0 unspecified atom stereocenters. The van der Waals surface area contributed by atoms with Crippen LogP contribution in [0.25, 0.3) is 0 Å². The van der Waals surface area contributed by atoms with Crippen molar-refractivity contribution in [1.29, 1.82) is 11.1 Å². The maximum absolute atomic E-state index is 5.50. The molecule has 0 aromatic heterocycles. The molecule has 0 aromatic carbocycles. The molecule has 4 heteroatoms. The summed E-state index contributed by atoms with van der Waals surface area (Å²) in [6.07, 6.45) is 11.1. The molecule has 0 rings (SSSR count). The zero-order valence-corrected chi connectivity index (χ0v) is 14.4. The Labute approximate surface area is 126 Å². The molecular formula is C16H38N4+2. The molecule has 0 atom stereocenters. The van der Waals surface area contributed by atoms with Gasteiger partial charge in [0.25, 0.3) is 0 Å². The Bertz CT molecular complexity index is 185. The number of rotatable bonds is 12. The summed E-state index contributed by atoms with van der Waals surface area (Å²) >= 11 is 0. The van der Waals surface area contributed by atoms with Gasteiger partial charge in [-0.1, -0.05) is 53.4 Å². The third kappa shape index (κ3) is 12.3. The molecule has 0 aliphatic heterocycles. The normalized spacial score (nSPS) is 10.6. The third-order valence-electron chi connectivity index (χ3n) is 3.94. The van der Waals surface area contributed by atoms with Crippen LogP contribution in [0.15, 0.2) is 0 Å². The Morgan fingerprint density at radius 2 is 0.800 bits per heavy atom. The van der Waals surface area contributed by atoms with Crippen LogP contribution in [0.1, 0.15) is 79.1 Å². The van der Waals surface area contributed by atoms with E-state index in [-0.39, 0.29) is 0 Å². The lowest BCUT2D eigenvalue weighted by Crippen LogP contribution is -2.50. The average molecular weight is 287 g/mol. The molecule has 0 spiro atoms. The van der Waals surface area contributed by atoms with Gasteiger partial charge in [-0.2, -0.15) is 0 Å². The van der Waals surface area contributed by atoms with E-state index in [1.165, 1.54) is 82.0 Å². The second-order valence-corrected chi connectivity index (χ2v) is 5.76. The van der Waals surface area contributed by atoms with Crippen molar-refractivity contribution in [2.45, 2.75) is 79.1 Å². The minimum absolute atomic E-state index is 1.35. The van der Waals surface area contributed by atoms with Gasteiger partial charge in [-0.05, 0) is 25.7 Å². The molecule has 0 aromatic rings. The summed E-state index contributed by atoms with van der Waals surface area (Å²) in [6, 6.07) is 0. The van der Waals surface area contributed by atoms with Gasteiger partial charge in [0.15, 0.2) is 0 Å². The standard InChI is InChI=1S/C16H36N.H2N3/c1-5-9-13-17(14-10-6-2,15-11-7-3)16-12-8-4;1-3-2/h5-16H2,1-4H3;1-2H/q2*+1. The molecule has 0 aliphatic carbocycles. The van der Waals surface area contributed by atoms with E-state index >= 15 is 0 Å². The Morgan fingerprint density at radius 3 is 0.950 bits per heavy atom. The second-order valence-electron chi connectivity index (χ2n) is 5.76. The molecule has 120 valence electrons. The molecule has 0 saturated carbocycles. The van der Waals surface area contributed by atoms with E-state index in [9.17, 15) is 0 Å². The van der Waals surface area contributed by atoms with Crippen molar-refractivity contribution in [2.24, 2.45) is 0 Å². The van der Waals surface area contributed by atoms with Gasteiger partial charge in [0.05, 0.1) is 26.2 Å². The Kier molecular flexibility index (Phi) is 17.6. The quantitative estimate of drug-likeness (QED) is 0.284. The van der Waals surface area contributed by atoms with E-state index in [1.54, 1.807) is 0 Å². The van der Waals surface area contributed by atoms with Gasteiger partial charge in [0, 0.05) is 0 Å². The first-order valence-corrected chi connectivity index (χ1v) is 8.54. The van der Waals surface area contributed by atoms with Crippen LogP contribution >= 0.6 is 0 Å². The lowest BCUT2D eigenvalue weighted by molar-refractivity contribution is -0.929. The van der Waals surface area contributed by atoms with Crippen molar-refractivity contribution < 1.29 is 4.48 Å². The van der Waals surface area contributed by atoms with Gasteiger partial charge >= 0.3 is 0 Å². The van der Waals surface area contributed by atoms with Gasteiger partial charge in [0.2, 0.25) is 4.91 Å². The van der Waals surface area contributed by atoms with E-state index in [1.807, 2.05) is 4.91 Å². The van der Waals surface area contributed by atoms with E-state index in [4.69, 9.17) is 11.1 Å². The van der Waals surface area contributed by atoms with E-state index in [0.717, 1.165) is 0 Å². The summed E-state index contributed by atoms with van der Waals surface area (Å²) in [6.45, 7) is 15.0. The SMILES string of the molecule is CCCC[N+](CCCC)(CCCC)CCCC.N=[N+]=N. The molecule has 4 nitrogen and oxygen atoms in total. The highest BCUT2D eigenvalue weighted by molar-refractivity contribution is 4.49.